The van der Waals surface area contributed by atoms with Crippen molar-refractivity contribution in [3.63, 3.8) is 0 Å². The van der Waals surface area contributed by atoms with E-state index in [9.17, 15) is 0 Å². The van der Waals surface area contributed by atoms with E-state index >= 15 is 0 Å². The van der Waals surface area contributed by atoms with Gasteiger partial charge in [0.2, 0.25) is 0 Å². The number of rotatable bonds is 0. The zero-order valence-electron chi connectivity index (χ0n) is 4.43. The Morgan fingerprint density at radius 2 is 0.636 bits per heavy atom. The summed E-state index contributed by atoms with van der Waals surface area (Å²) in [6.07, 6.45) is 0. The third kappa shape index (κ3) is 29300000. The average molecular weight is 516 g/mol. The third-order valence-corrected chi connectivity index (χ3v) is 0. The van der Waals surface area contributed by atoms with E-state index < -0.39 is 31.6 Å². The van der Waals surface area contributed by atoms with Gasteiger partial charge in [-0.1, -0.05) is 0 Å². The first-order valence-corrected chi connectivity index (χ1v) is 10.1. The van der Waals surface area contributed by atoms with Crippen LogP contribution >= 0.6 is 0 Å². The Balaban J connectivity index is -0.000000107. The van der Waals surface area contributed by atoms with Gasteiger partial charge in [-0.25, -0.2) is 0 Å². The molecule has 0 aromatic carbocycles. The van der Waals surface area contributed by atoms with Crippen molar-refractivity contribution in [2.24, 2.45) is 0 Å². The van der Waals surface area contributed by atoms with Crippen LogP contribution in [-0.4, -0.2) is 0 Å². The molecule has 0 atom stereocenters. The summed E-state index contributed by atoms with van der Waals surface area (Å²) in [4.78, 5) is 0. The van der Waals surface area contributed by atoms with Crippen molar-refractivity contribution in [2.75, 3.05) is 0 Å². The summed E-state index contributed by atoms with van der Waals surface area (Å²) in [6, 6.07) is 0. The van der Waals surface area contributed by atoms with Gasteiger partial charge in [-0.05, 0) is 0 Å². The van der Waals surface area contributed by atoms with Gasteiger partial charge in [-0.3, -0.25) is 0 Å². The second-order valence-corrected chi connectivity index (χ2v) is 6.19. The van der Waals surface area contributed by atoms with Crippen LogP contribution in [0.3, 0.4) is 0 Å². The van der Waals surface area contributed by atoms with Crippen molar-refractivity contribution < 1.29 is 65.5 Å². The van der Waals surface area contributed by atoms with Crippen molar-refractivity contribution in [3.05, 3.63) is 0 Å². The first kappa shape index (κ1) is 17.2. The molecule has 0 rings (SSSR count). The molecule has 0 fully saturated rings. The molecule has 11 heavy (non-hydrogen) atoms. The molecule has 9 nitrogen and oxygen atoms in total. The first-order chi connectivity index (χ1) is 4.00. The Morgan fingerprint density at radius 1 is 0.636 bits per heavy atom. The van der Waals surface area contributed by atoms with Crippen LogP contribution in [0.5, 0.6) is 0 Å². The van der Waals surface area contributed by atoms with Gasteiger partial charge in [0.1, 0.15) is 0 Å². The van der Waals surface area contributed by atoms with Gasteiger partial charge in [0, 0.05) is 0 Å². The molecular weight excluding hydrogens is 516 g/mol. The fourth-order valence-corrected chi connectivity index (χ4v) is 0. The van der Waals surface area contributed by atoms with Gasteiger partial charge >= 0.3 is 65.5 Å². The Morgan fingerprint density at radius 3 is 0.636 bits per heavy atom. The van der Waals surface area contributed by atoms with E-state index in [1.165, 1.54) is 0 Å². The second kappa shape index (κ2) is 5.63. The standard InChI is InChI=1S/9O.2Re/q;;;;;;2*-1;+2;;. The Kier molecular flexibility index (Phi) is 8.80. The molecule has 0 saturated carbocycles. The van der Waals surface area contributed by atoms with Gasteiger partial charge in [0.05, 0.1) is 0 Å². The maximum absolute atomic E-state index is 8.64. The molecule has 0 aliphatic heterocycles. The van der Waals surface area contributed by atoms with E-state index in [0.717, 1.165) is 0 Å². The first-order valence-electron chi connectivity index (χ1n) is 1.23. The van der Waals surface area contributed by atoms with Gasteiger partial charge in [-0.2, -0.15) is 0 Å². The van der Waals surface area contributed by atoms with Crippen LogP contribution in [-0.2, 0) is 57.9 Å². The molecule has 0 aromatic heterocycles. The molecule has 0 bridgehead atoms. The Hall–Kier alpha value is 0.00468. The van der Waals surface area contributed by atoms with Crippen LogP contribution in [0, 0.1) is 0 Å². The number of hydrogen-bond acceptors (Lipinski definition) is 8. The fourth-order valence-electron chi connectivity index (χ4n) is 0. The molecular formula is O9Re2. The monoisotopic (exact) mass is 518 g/mol. The molecule has 0 aliphatic rings. The minimum absolute atomic E-state index is 0. The summed E-state index contributed by atoms with van der Waals surface area (Å²) in [5.41, 5.74) is 0. The van der Waals surface area contributed by atoms with Crippen LogP contribution in [0.1, 0.15) is 0 Å². The van der Waals surface area contributed by atoms with Crippen molar-refractivity contribution in [1.29, 1.82) is 0 Å². The summed E-state index contributed by atoms with van der Waals surface area (Å²) in [5, 5.41) is 0. The zero-order valence-corrected chi connectivity index (χ0v) is 9.86. The Bertz CT molecular complexity index is 292. The van der Waals surface area contributed by atoms with Gasteiger partial charge in [0.25, 0.3) is 0 Å². The van der Waals surface area contributed by atoms with Crippen LogP contribution in [0.4, 0.5) is 0 Å². The summed E-state index contributed by atoms with van der Waals surface area (Å²) < 4.78 is 69.1. The second-order valence-electron chi connectivity index (χ2n) is 0.756. The van der Waals surface area contributed by atoms with Crippen molar-refractivity contribution in [2.45, 2.75) is 0 Å². The molecule has 0 saturated heterocycles. The predicted molar refractivity (Wildman–Crippen MR) is 4.81 cm³/mol. The van der Waals surface area contributed by atoms with E-state index in [1.54, 1.807) is 0 Å². The third-order valence-electron chi connectivity index (χ3n) is 0. The molecule has 0 N–H and O–H groups in total. The van der Waals surface area contributed by atoms with E-state index in [2.05, 4.69) is 0 Å². The normalized spacial score (nSPS) is 10.4. The van der Waals surface area contributed by atoms with Crippen LogP contribution in [0.25, 0.3) is 0 Å². The molecule has 68 valence electrons. The molecule has 0 aliphatic carbocycles. The molecule has 0 aromatic rings. The van der Waals surface area contributed by atoms with Crippen molar-refractivity contribution in [1.82, 2.24) is 0 Å². The molecule has 0 unspecified atom stereocenters. The molecule has 0 heterocycles. The Labute approximate surface area is 65.6 Å². The zero-order chi connectivity index (χ0) is 9.00. The van der Waals surface area contributed by atoms with E-state index in [0.29, 0.717) is 0 Å². The average Bonchev–Trinajstić information content (AvgIpc) is 1.12. The van der Waals surface area contributed by atoms with E-state index in [1.807, 2.05) is 0 Å². The summed E-state index contributed by atoms with van der Waals surface area (Å²) in [7, 11) is 0. The predicted octanol–water partition coefficient (Wildman–Crippen LogP) is -3.21. The topological polar surface area (TPSA) is 177 Å². The van der Waals surface area contributed by atoms with Crippen LogP contribution in [0.15, 0.2) is 0 Å². The van der Waals surface area contributed by atoms with E-state index in [-0.39, 0.29) is 5.48 Å². The van der Waals surface area contributed by atoms with Gasteiger partial charge in [0.15, 0.2) is 0 Å². The van der Waals surface area contributed by atoms with Gasteiger partial charge < -0.3 is 0 Å². The fraction of sp³-hybridized carbons (Fsp3) is 0. The quantitative estimate of drug-likeness (QED) is 0.323. The molecule has 11 heteroatoms. The SMILES string of the molecule is [O+2].[O]=[Re](=[O])(=[O])[O-].[O]=[Re](=[O])(=[O])[O-]. The number of hydrogen-bond donors (Lipinski definition) is 0. The molecule has 4 radical (unpaired) electrons. The summed E-state index contributed by atoms with van der Waals surface area (Å²) >= 11 is -12.2. The van der Waals surface area contributed by atoms with Crippen molar-refractivity contribution in [3.8, 4) is 0 Å². The van der Waals surface area contributed by atoms with Gasteiger partial charge in [-0.15, -0.1) is 0 Å². The van der Waals surface area contributed by atoms with Crippen molar-refractivity contribution >= 4 is 0 Å². The van der Waals surface area contributed by atoms with Crippen LogP contribution < -0.4 is 7.66 Å². The van der Waals surface area contributed by atoms with Crippen LogP contribution in [0.2, 0.25) is 0 Å². The minimum atomic E-state index is -6.11. The molecule has 0 amide bonds. The summed E-state index contributed by atoms with van der Waals surface area (Å²) in [6.45, 7) is 0. The van der Waals surface area contributed by atoms with E-state index in [4.69, 9.17) is 28.5 Å². The molecule has 0 spiro atoms. The maximum atomic E-state index is 8.64. The summed E-state index contributed by atoms with van der Waals surface area (Å²) in [5.74, 6) is 0.